The summed E-state index contributed by atoms with van der Waals surface area (Å²) in [6.45, 7) is 4.57. The van der Waals surface area contributed by atoms with Gasteiger partial charge in [0.15, 0.2) is 0 Å². The van der Waals surface area contributed by atoms with Crippen LogP contribution in [0.2, 0.25) is 5.02 Å². The van der Waals surface area contributed by atoms with Crippen molar-refractivity contribution in [3.05, 3.63) is 22.8 Å². The van der Waals surface area contributed by atoms with Crippen molar-refractivity contribution in [1.82, 2.24) is 10.3 Å². The highest BCUT2D eigenvalue weighted by Crippen LogP contribution is 2.26. The van der Waals surface area contributed by atoms with Gasteiger partial charge >= 0.3 is 0 Å². The monoisotopic (exact) mass is 283 g/mol. The average Bonchev–Trinajstić information content (AvgIpc) is 2.69. The van der Waals surface area contributed by atoms with Crippen LogP contribution in [0.15, 0.2) is 12.1 Å². The number of hydrogen-bond acceptors (Lipinski definition) is 4. The van der Waals surface area contributed by atoms with Crippen LogP contribution in [-0.2, 0) is 4.74 Å². The van der Waals surface area contributed by atoms with Crippen LogP contribution in [-0.4, -0.2) is 36.2 Å². The van der Waals surface area contributed by atoms with Gasteiger partial charge in [-0.3, -0.25) is 4.79 Å². The van der Waals surface area contributed by atoms with Gasteiger partial charge in [0.25, 0.3) is 5.91 Å². The molecule has 2 unspecified atom stereocenters. The Balaban J connectivity index is 2.20. The van der Waals surface area contributed by atoms with Crippen molar-refractivity contribution in [2.45, 2.75) is 31.9 Å². The second-order valence-corrected chi connectivity index (χ2v) is 5.32. The van der Waals surface area contributed by atoms with E-state index in [1.807, 2.05) is 13.8 Å². The largest absolute Gasteiger partial charge is 0.376 e. The molecule has 0 aliphatic carbocycles. The molecule has 0 bridgehead atoms. The molecule has 0 spiro atoms. The number of amides is 1. The van der Waals surface area contributed by atoms with Gasteiger partial charge in [-0.15, -0.1) is 0 Å². The number of pyridine rings is 1. The fraction of sp³-hybridized carbons (Fsp3) is 0.538. The zero-order valence-corrected chi connectivity index (χ0v) is 12.0. The number of halogens is 1. The summed E-state index contributed by atoms with van der Waals surface area (Å²) in [5, 5.41) is 6.20. The molecule has 1 saturated heterocycles. The molecule has 1 amide bonds. The number of carbonyl (C=O) groups excluding carboxylic acids is 1. The summed E-state index contributed by atoms with van der Waals surface area (Å²) in [7, 11) is 1.74. The molecule has 104 valence electrons. The average molecular weight is 284 g/mol. The highest BCUT2D eigenvalue weighted by atomic mass is 35.5. The zero-order chi connectivity index (χ0) is 14.0. The summed E-state index contributed by atoms with van der Waals surface area (Å²) in [5.41, 5.74) is -0.147. The van der Waals surface area contributed by atoms with E-state index in [2.05, 4.69) is 15.6 Å². The second-order valence-electron chi connectivity index (χ2n) is 4.91. The minimum atomic E-state index is -0.377. The molecule has 2 N–H and O–H groups in total. The van der Waals surface area contributed by atoms with E-state index in [1.54, 1.807) is 19.2 Å². The molecule has 2 heterocycles. The second kappa shape index (κ2) is 5.35. The summed E-state index contributed by atoms with van der Waals surface area (Å²) in [6.07, 6.45) is 0.756. The normalized spacial score (nSPS) is 26.2. The van der Waals surface area contributed by atoms with Crippen molar-refractivity contribution in [2.75, 3.05) is 19.0 Å². The fourth-order valence-corrected chi connectivity index (χ4v) is 2.25. The number of carbonyl (C=O) groups is 1. The van der Waals surface area contributed by atoms with Crippen LogP contribution in [0.1, 0.15) is 30.8 Å². The Labute approximate surface area is 117 Å². The highest BCUT2D eigenvalue weighted by molar-refractivity contribution is 6.33. The summed E-state index contributed by atoms with van der Waals surface area (Å²) >= 11 is 6.03. The first kappa shape index (κ1) is 14.1. The molecule has 6 heteroatoms. The predicted molar refractivity (Wildman–Crippen MR) is 74.7 cm³/mol. The first-order valence-electron chi connectivity index (χ1n) is 6.24. The Morgan fingerprint density at radius 2 is 2.32 bits per heavy atom. The van der Waals surface area contributed by atoms with Gasteiger partial charge in [-0.1, -0.05) is 11.6 Å². The maximum Gasteiger partial charge on any atom is 0.272 e. The maximum atomic E-state index is 12.3. The van der Waals surface area contributed by atoms with Gasteiger partial charge in [0.1, 0.15) is 11.5 Å². The third-order valence-corrected chi connectivity index (χ3v) is 3.91. The minimum absolute atomic E-state index is 0.0253. The fourth-order valence-electron chi connectivity index (χ4n) is 2.06. The van der Waals surface area contributed by atoms with Gasteiger partial charge in [0.05, 0.1) is 16.7 Å². The van der Waals surface area contributed by atoms with Gasteiger partial charge in [0, 0.05) is 13.7 Å². The van der Waals surface area contributed by atoms with Crippen LogP contribution in [0.25, 0.3) is 0 Å². The lowest BCUT2D eigenvalue weighted by molar-refractivity contribution is 0.0724. The lowest BCUT2D eigenvalue weighted by Gasteiger charge is -2.28. The molecule has 2 rings (SSSR count). The molecule has 5 nitrogen and oxygen atoms in total. The van der Waals surface area contributed by atoms with Crippen LogP contribution < -0.4 is 10.6 Å². The van der Waals surface area contributed by atoms with E-state index >= 15 is 0 Å². The van der Waals surface area contributed by atoms with E-state index in [1.165, 1.54) is 0 Å². The molecule has 1 aromatic heterocycles. The third-order valence-electron chi connectivity index (χ3n) is 3.60. The number of nitrogens with zero attached hydrogens (tertiary/aromatic N) is 1. The highest BCUT2D eigenvalue weighted by Gasteiger charge is 2.38. The van der Waals surface area contributed by atoms with Crippen LogP contribution in [0.5, 0.6) is 0 Å². The van der Waals surface area contributed by atoms with Crippen molar-refractivity contribution in [3.8, 4) is 0 Å². The number of ether oxygens (including phenoxy) is 1. The van der Waals surface area contributed by atoms with Gasteiger partial charge in [-0.05, 0) is 32.4 Å². The SMILES string of the molecule is CNc1ccc(Cl)c(C(=O)NC2(C)CCOC2C)n1. The lowest BCUT2D eigenvalue weighted by atomic mass is 9.94. The number of anilines is 1. The van der Waals surface area contributed by atoms with Crippen LogP contribution in [0, 0.1) is 0 Å². The smallest absolute Gasteiger partial charge is 0.272 e. The standard InChI is InChI=1S/C13H18ClN3O2/c1-8-13(2,6-7-19-8)17-12(18)11-9(14)4-5-10(15-3)16-11/h4-5,8H,6-7H2,1-3H3,(H,15,16)(H,17,18). The van der Waals surface area contributed by atoms with Crippen molar-refractivity contribution < 1.29 is 9.53 Å². The molecular formula is C13H18ClN3O2. The van der Waals surface area contributed by atoms with E-state index in [0.717, 1.165) is 6.42 Å². The van der Waals surface area contributed by atoms with Crippen molar-refractivity contribution in [1.29, 1.82) is 0 Å². The van der Waals surface area contributed by atoms with E-state index < -0.39 is 0 Å². The molecule has 0 saturated carbocycles. The molecule has 19 heavy (non-hydrogen) atoms. The minimum Gasteiger partial charge on any atom is -0.376 e. The molecule has 1 aromatic rings. The first-order chi connectivity index (χ1) is 8.96. The van der Waals surface area contributed by atoms with Crippen molar-refractivity contribution in [2.24, 2.45) is 0 Å². The Kier molecular flexibility index (Phi) is 3.96. The van der Waals surface area contributed by atoms with E-state index in [0.29, 0.717) is 17.4 Å². The third kappa shape index (κ3) is 2.82. The summed E-state index contributed by atoms with van der Waals surface area (Å²) < 4.78 is 5.50. The van der Waals surface area contributed by atoms with E-state index in [4.69, 9.17) is 16.3 Å². The molecule has 0 radical (unpaired) electrons. The maximum absolute atomic E-state index is 12.3. The zero-order valence-electron chi connectivity index (χ0n) is 11.3. The molecule has 2 atom stereocenters. The summed E-state index contributed by atoms with van der Waals surface area (Å²) in [4.78, 5) is 16.5. The van der Waals surface area contributed by atoms with Gasteiger partial charge in [-0.2, -0.15) is 0 Å². The quantitative estimate of drug-likeness (QED) is 0.891. The van der Waals surface area contributed by atoms with Crippen LogP contribution in [0.4, 0.5) is 5.82 Å². The van der Waals surface area contributed by atoms with Gasteiger partial charge < -0.3 is 15.4 Å². The molecule has 1 aliphatic rings. The number of rotatable bonds is 3. The molecule has 1 aliphatic heterocycles. The predicted octanol–water partition coefficient (Wildman–Crippen LogP) is 2.07. The summed E-state index contributed by atoms with van der Waals surface area (Å²) in [6, 6.07) is 3.38. The Morgan fingerprint density at radius 1 is 1.58 bits per heavy atom. The number of aromatic nitrogens is 1. The van der Waals surface area contributed by atoms with E-state index in [-0.39, 0.29) is 23.2 Å². The van der Waals surface area contributed by atoms with Crippen LogP contribution in [0.3, 0.4) is 0 Å². The van der Waals surface area contributed by atoms with Crippen molar-refractivity contribution >= 4 is 23.3 Å². The first-order valence-corrected chi connectivity index (χ1v) is 6.62. The molecule has 0 aromatic carbocycles. The van der Waals surface area contributed by atoms with E-state index in [9.17, 15) is 4.79 Å². The van der Waals surface area contributed by atoms with Gasteiger partial charge in [-0.25, -0.2) is 4.98 Å². The van der Waals surface area contributed by atoms with Crippen LogP contribution >= 0.6 is 11.6 Å². The van der Waals surface area contributed by atoms with Gasteiger partial charge in [0.2, 0.25) is 0 Å². The lowest BCUT2D eigenvalue weighted by Crippen LogP contribution is -2.50. The summed E-state index contributed by atoms with van der Waals surface area (Å²) in [5.74, 6) is 0.331. The number of nitrogens with one attached hydrogen (secondary N) is 2. The molecule has 1 fully saturated rings. The topological polar surface area (TPSA) is 63.2 Å². The Hall–Kier alpha value is -1.33. The van der Waals surface area contributed by atoms with Crippen molar-refractivity contribution in [3.63, 3.8) is 0 Å². The Morgan fingerprint density at radius 3 is 2.89 bits per heavy atom. The Bertz CT molecular complexity index is 495. The molecular weight excluding hydrogens is 266 g/mol. The number of hydrogen-bond donors (Lipinski definition) is 2.